The van der Waals surface area contributed by atoms with Gasteiger partial charge in [0.15, 0.2) is 5.82 Å². The fraction of sp³-hybridized carbons (Fsp3) is 0.0909. The number of ether oxygens (including phenoxy) is 2. The molecule has 0 aliphatic heterocycles. The molecule has 2 aromatic heterocycles. The Balaban J connectivity index is 1.37. The van der Waals surface area contributed by atoms with Crippen molar-refractivity contribution in [3.63, 3.8) is 0 Å². The van der Waals surface area contributed by atoms with E-state index in [2.05, 4.69) is 20.6 Å². The minimum absolute atomic E-state index is 0.207. The first kappa shape index (κ1) is 19.1. The molecule has 8 nitrogen and oxygen atoms in total. The van der Waals surface area contributed by atoms with E-state index in [1.54, 1.807) is 72.5 Å². The van der Waals surface area contributed by atoms with Crippen LogP contribution in [0, 0.1) is 6.92 Å². The number of nitrogens with one attached hydrogen (secondary N) is 1. The summed E-state index contributed by atoms with van der Waals surface area (Å²) in [6, 6.07) is 19.3. The lowest BCUT2D eigenvalue weighted by molar-refractivity contribution is 0.102. The standard InChI is InChI=1S/C22H19N5O3/c1-15-13-14-27(26-15)20-11-12-21(25-24-20)30-19-9-5-17(6-10-19)23-22(28)16-3-7-18(29-2)8-4-16/h3-14H,1-2H3,(H,23,28). The van der Waals surface area contributed by atoms with E-state index in [0.29, 0.717) is 34.4 Å². The Bertz CT molecular complexity index is 1140. The van der Waals surface area contributed by atoms with E-state index < -0.39 is 0 Å². The molecule has 2 heterocycles. The molecule has 2 aromatic carbocycles. The number of carbonyl (C=O) groups excluding carboxylic acids is 1. The molecule has 0 bridgehead atoms. The fourth-order valence-corrected chi connectivity index (χ4v) is 2.70. The Labute approximate surface area is 173 Å². The van der Waals surface area contributed by atoms with Crippen molar-refractivity contribution >= 4 is 11.6 Å². The number of hydrogen-bond acceptors (Lipinski definition) is 6. The number of benzene rings is 2. The van der Waals surface area contributed by atoms with Crippen LogP contribution in [0.25, 0.3) is 5.82 Å². The zero-order chi connectivity index (χ0) is 20.9. The number of nitrogens with zero attached hydrogens (tertiary/aromatic N) is 4. The van der Waals surface area contributed by atoms with Crippen LogP contribution in [0.2, 0.25) is 0 Å². The van der Waals surface area contributed by atoms with Gasteiger partial charge in [-0.25, -0.2) is 4.68 Å². The summed E-state index contributed by atoms with van der Waals surface area (Å²) in [5, 5.41) is 15.3. The van der Waals surface area contributed by atoms with E-state index in [-0.39, 0.29) is 5.91 Å². The van der Waals surface area contributed by atoms with Crippen LogP contribution in [-0.2, 0) is 0 Å². The van der Waals surface area contributed by atoms with Gasteiger partial charge in [0.25, 0.3) is 5.91 Å². The van der Waals surface area contributed by atoms with Crippen molar-refractivity contribution in [2.75, 3.05) is 12.4 Å². The van der Waals surface area contributed by atoms with Gasteiger partial charge in [-0.15, -0.1) is 10.2 Å². The van der Waals surface area contributed by atoms with Gasteiger partial charge in [0, 0.05) is 23.5 Å². The predicted octanol–water partition coefficient (Wildman–Crippen LogP) is 4.02. The van der Waals surface area contributed by atoms with Gasteiger partial charge >= 0.3 is 0 Å². The molecule has 30 heavy (non-hydrogen) atoms. The van der Waals surface area contributed by atoms with Crippen LogP contribution in [-0.4, -0.2) is 33.0 Å². The third kappa shape index (κ3) is 4.44. The molecule has 0 radical (unpaired) electrons. The summed E-state index contributed by atoms with van der Waals surface area (Å²) in [7, 11) is 1.58. The lowest BCUT2D eigenvalue weighted by Crippen LogP contribution is -2.11. The van der Waals surface area contributed by atoms with Crippen molar-refractivity contribution in [3.8, 4) is 23.2 Å². The quantitative estimate of drug-likeness (QED) is 0.525. The Morgan fingerprint density at radius 2 is 1.63 bits per heavy atom. The van der Waals surface area contributed by atoms with Gasteiger partial charge in [-0.3, -0.25) is 4.79 Å². The average Bonchev–Trinajstić information content (AvgIpc) is 3.22. The number of carbonyl (C=O) groups is 1. The minimum Gasteiger partial charge on any atom is -0.497 e. The highest BCUT2D eigenvalue weighted by Crippen LogP contribution is 2.22. The monoisotopic (exact) mass is 401 g/mol. The highest BCUT2D eigenvalue weighted by Gasteiger charge is 2.07. The Morgan fingerprint density at radius 1 is 0.900 bits per heavy atom. The lowest BCUT2D eigenvalue weighted by atomic mass is 10.2. The molecule has 0 atom stereocenters. The maximum Gasteiger partial charge on any atom is 0.255 e. The average molecular weight is 401 g/mol. The van der Waals surface area contributed by atoms with E-state index in [1.165, 1.54) is 0 Å². The van der Waals surface area contributed by atoms with Crippen LogP contribution in [0.5, 0.6) is 17.4 Å². The molecule has 0 unspecified atom stereocenters. The van der Waals surface area contributed by atoms with Crippen LogP contribution in [0.3, 0.4) is 0 Å². The third-order valence-corrected chi connectivity index (χ3v) is 4.27. The first-order chi connectivity index (χ1) is 14.6. The summed E-state index contributed by atoms with van der Waals surface area (Å²) in [4.78, 5) is 12.3. The van der Waals surface area contributed by atoms with Crippen LogP contribution >= 0.6 is 0 Å². The summed E-state index contributed by atoms with van der Waals surface area (Å²) in [5.41, 5.74) is 2.09. The van der Waals surface area contributed by atoms with Gasteiger partial charge in [-0.2, -0.15) is 5.10 Å². The molecule has 0 aliphatic rings. The minimum atomic E-state index is -0.207. The van der Waals surface area contributed by atoms with Crippen molar-refractivity contribution in [1.29, 1.82) is 0 Å². The van der Waals surface area contributed by atoms with E-state index in [1.807, 2.05) is 19.2 Å². The third-order valence-electron chi connectivity index (χ3n) is 4.27. The second-order valence-electron chi connectivity index (χ2n) is 6.44. The van der Waals surface area contributed by atoms with Crippen molar-refractivity contribution in [2.24, 2.45) is 0 Å². The van der Waals surface area contributed by atoms with E-state index in [9.17, 15) is 4.79 Å². The summed E-state index contributed by atoms with van der Waals surface area (Å²) >= 11 is 0. The van der Waals surface area contributed by atoms with Gasteiger partial charge < -0.3 is 14.8 Å². The van der Waals surface area contributed by atoms with Crippen molar-refractivity contribution < 1.29 is 14.3 Å². The normalized spacial score (nSPS) is 10.5. The molecule has 0 saturated carbocycles. The van der Waals surface area contributed by atoms with Gasteiger partial charge in [-0.05, 0) is 67.6 Å². The summed E-state index contributed by atoms with van der Waals surface area (Å²) < 4.78 is 12.5. The number of rotatable bonds is 6. The number of hydrogen-bond donors (Lipinski definition) is 1. The predicted molar refractivity (Wildman–Crippen MR) is 111 cm³/mol. The maximum absolute atomic E-state index is 12.3. The zero-order valence-electron chi connectivity index (χ0n) is 16.4. The number of methoxy groups -OCH3 is 1. The molecule has 1 N–H and O–H groups in total. The van der Waals surface area contributed by atoms with Crippen molar-refractivity contribution in [1.82, 2.24) is 20.0 Å². The SMILES string of the molecule is COc1ccc(C(=O)Nc2ccc(Oc3ccc(-n4ccc(C)n4)nn3)cc2)cc1. The molecule has 4 rings (SSSR count). The molecular formula is C22H19N5O3. The highest BCUT2D eigenvalue weighted by molar-refractivity contribution is 6.04. The van der Waals surface area contributed by atoms with E-state index in [0.717, 1.165) is 5.69 Å². The summed E-state index contributed by atoms with van der Waals surface area (Å²) in [6.07, 6.45) is 1.82. The molecule has 8 heteroatoms. The number of anilines is 1. The lowest BCUT2D eigenvalue weighted by Gasteiger charge is -2.08. The topological polar surface area (TPSA) is 91.2 Å². The first-order valence-corrected chi connectivity index (χ1v) is 9.20. The zero-order valence-corrected chi connectivity index (χ0v) is 16.4. The van der Waals surface area contributed by atoms with Gasteiger partial charge in [0.05, 0.1) is 12.8 Å². The van der Waals surface area contributed by atoms with Crippen molar-refractivity contribution in [2.45, 2.75) is 6.92 Å². The van der Waals surface area contributed by atoms with Crippen LogP contribution in [0.1, 0.15) is 16.1 Å². The molecule has 0 aliphatic carbocycles. The van der Waals surface area contributed by atoms with Gasteiger partial charge in [-0.1, -0.05) is 0 Å². The molecule has 0 fully saturated rings. The van der Waals surface area contributed by atoms with Crippen molar-refractivity contribution in [3.05, 3.63) is 84.2 Å². The highest BCUT2D eigenvalue weighted by atomic mass is 16.5. The Morgan fingerprint density at radius 3 is 2.23 bits per heavy atom. The maximum atomic E-state index is 12.3. The molecule has 0 saturated heterocycles. The molecular weight excluding hydrogens is 382 g/mol. The smallest absolute Gasteiger partial charge is 0.255 e. The van der Waals surface area contributed by atoms with Gasteiger partial charge in [0.1, 0.15) is 11.5 Å². The molecule has 150 valence electrons. The van der Waals surface area contributed by atoms with Crippen LogP contribution in [0.4, 0.5) is 5.69 Å². The summed E-state index contributed by atoms with van der Waals surface area (Å²) in [5.74, 6) is 2.03. The first-order valence-electron chi connectivity index (χ1n) is 9.20. The number of aryl methyl sites for hydroxylation is 1. The number of aromatic nitrogens is 4. The second-order valence-corrected chi connectivity index (χ2v) is 6.44. The van der Waals surface area contributed by atoms with E-state index >= 15 is 0 Å². The van der Waals surface area contributed by atoms with Gasteiger partial charge in [0.2, 0.25) is 5.88 Å². The van der Waals surface area contributed by atoms with Crippen LogP contribution in [0.15, 0.2) is 72.9 Å². The Hall–Kier alpha value is -4.20. The second kappa shape index (κ2) is 8.44. The Kier molecular flexibility index (Phi) is 5.38. The largest absolute Gasteiger partial charge is 0.497 e. The van der Waals surface area contributed by atoms with Crippen LogP contribution < -0.4 is 14.8 Å². The molecule has 4 aromatic rings. The molecule has 0 spiro atoms. The number of amides is 1. The molecule has 1 amide bonds. The fourth-order valence-electron chi connectivity index (χ4n) is 2.70. The summed E-state index contributed by atoms with van der Waals surface area (Å²) in [6.45, 7) is 1.91. The van der Waals surface area contributed by atoms with E-state index in [4.69, 9.17) is 9.47 Å².